The third kappa shape index (κ3) is 1.62. The van der Waals surface area contributed by atoms with Gasteiger partial charge in [-0.1, -0.05) is 0 Å². The Balaban J connectivity index is 2.08. The van der Waals surface area contributed by atoms with Crippen molar-refractivity contribution in [2.45, 2.75) is 0 Å². The van der Waals surface area contributed by atoms with Gasteiger partial charge < -0.3 is 0 Å². The van der Waals surface area contributed by atoms with E-state index in [0.717, 1.165) is 0 Å². The molecule has 0 saturated heterocycles. The number of hydrogen-bond acceptors (Lipinski definition) is 0. The monoisotopic (exact) mass is 332 g/mol. The first kappa shape index (κ1) is 11.6. The fraction of sp³-hybridized carbons (Fsp3) is 0. The van der Waals surface area contributed by atoms with Crippen LogP contribution in [0.5, 0.6) is 0 Å². The normalized spacial score (nSPS) is 11.8. The molecule has 98 valence electrons. The van der Waals surface area contributed by atoms with E-state index in [9.17, 15) is 0 Å². The van der Waals surface area contributed by atoms with Gasteiger partial charge in [-0.15, -0.1) is 0 Å². The molecule has 0 bridgehead atoms. The Kier molecular flexibility index (Phi) is 2.32. The maximum absolute atomic E-state index is 2.39. The van der Waals surface area contributed by atoms with Crippen LogP contribution in [0, 0.1) is 0 Å². The van der Waals surface area contributed by atoms with Gasteiger partial charge in [0.2, 0.25) is 0 Å². The molecule has 0 aliphatic heterocycles. The molecule has 21 heavy (non-hydrogen) atoms. The van der Waals surface area contributed by atoms with E-state index in [4.69, 9.17) is 0 Å². The minimum atomic E-state index is 0.429. The van der Waals surface area contributed by atoms with Crippen molar-refractivity contribution in [3.63, 3.8) is 0 Å². The van der Waals surface area contributed by atoms with Gasteiger partial charge in [-0.25, -0.2) is 0 Å². The van der Waals surface area contributed by atoms with Gasteiger partial charge in [-0.3, -0.25) is 0 Å². The summed E-state index contributed by atoms with van der Waals surface area (Å²) in [5, 5.41) is 8.34. The SMILES string of the molecule is c1ccc2cc3c(cc2c1)[se]c1ccc2ccccc2c13. The molecule has 5 aromatic rings. The van der Waals surface area contributed by atoms with Crippen LogP contribution in [0.2, 0.25) is 0 Å². The van der Waals surface area contributed by atoms with Gasteiger partial charge in [-0.05, 0) is 0 Å². The third-order valence-electron chi connectivity index (χ3n) is 4.23. The van der Waals surface area contributed by atoms with Crippen molar-refractivity contribution < 1.29 is 0 Å². The zero-order valence-corrected chi connectivity index (χ0v) is 13.0. The first-order valence-electron chi connectivity index (χ1n) is 7.13. The van der Waals surface area contributed by atoms with Crippen LogP contribution in [0.3, 0.4) is 0 Å². The molecule has 0 aliphatic rings. The van der Waals surface area contributed by atoms with Crippen LogP contribution in [0.4, 0.5) is 0 Å². The van der Waals surface area contributed by atoms with Crippen LogP contribution in [-0.4, -0.2) is 14.5 Å². The van der Waals surface area contributed by atoms with Gasteiger partial charge in [0, 0.05) is 0 Å². The van der Waals surface area contributed by atoms with E-state index in [2.05, 4.69) is 72.8 Å². The quantitative estimate of drug-likeness (QED) is 0.335. The van der Waals surface area contributed by atoms with Crippen LogP contribution in [0.1, 0.15) is 0 Å². The third-order valence-corrected chi connectivity index (χ3v) is 6.57. The fourth-order valence-electron chi connectivity index (χ4n) is 3.23. The Labute approximate surface area is 128 Å². The molecule has 1 heterocycles. The van der Waals surface area contributed by atoms with Crippen molar-refractivity contribution in [2.24, 2.45) is 0 Å². The summed E-state index contributed by atoms with van der Waals surface area (Å²) >= 11 is 0.429. The second kappa shape index (κ2) is 4.21. The zero-order chi connectivity index (χ0) is 13.8. The Morgan fingerprint density at radius 1 is 0.524 bits per heavy atom. The number of benzene rings is 4. The average molecular weight is 331 g/mol. The first-order chi connectivity index (χ1) is 10.4. The van der Waals surface area contributed by atoms with Crippen molar-refractivity contribution in [3.05, 3.63) is 72.8 Å². The van der Waals surface area contributed by atoms with Crippen molar-refractivity contribution in [3.8, 4) is 0 Å². The van der Waals surface area contributed by atoms with Gasteiger partial charge in [-0.2, -0.15) is 0 Å². The topological polar surface area (TPSA) is 0 Å². The summed E-state index contributed by atoms with van der Waals surface area (Å²) in [5.74, 6) is 0. The molecule has 5 rings (SSSR count). The zero-order valence-electron chi connectivity index (χ0n) is 11.3. The van der Waals surface area contributed by atoms with Gasteiger partial charge in [0.1, 0.15) is 0 Å². The van der Waals surface area contributed by atoms with Crippen LogP contribution in [0.15, 0.2) is 72.8 Å². The van der Waals surface area contributed by atoms with E-state index < -0.39 is 0 Å². The van der Waals surface area contributed by atoms with Crippen molar-refractivity contribution in [1.82, 2.24) is 0 Å². The summed E-state index contributed by atoms with van der Waals surface area (Å²) in [4.78, 5) is 0. The molecule has 1 heteroatoms. The molecular weight excluding hydrogens is 319 g/mol. The van der Waals surface area contributed by atoms with Crippen molar-refractivity contribution >= 4 is 55.3 Å². The maximum atomic E-state index is 2.39. The minimum absolute atomic E-state index is 0.429. The average Bonchev–Trinajstić information content (AvgIpc) is 2.90. The Morgan fingerprint density at radius 3 is 2.10 bits per heavy atom. The molecular formula is C20H12Se. The van der Waals surface area contributed by atoms with Gasteiger partial charge in [0.25, 0.3) is 0 Å². The predicted molar refractivity (Wildman–Crippen MR) is 93.4 cm³/mol. The summed E-state index contributed by atoms with van der Waals surface area (Å²) in [6.45, 7) is 0. The second-order valence-corrected chi connectivity index (χ2v) is 7.73. The molecule has 0 nitrogen and oxygen atoms in total. The summed E-state index contributed by atoms with van der Waals surface area (Å²) in [7, 11) is 0. The van der Waals surface area contributed by atoms with Crippen LogP contribution < -0.4 is 0 Å². The molecule has 0 N–H and O–H groups in total. The van der Waals surface area contributed by atoms with Crippen LogP contribution in [-0.2, 0) is 0 Å². The number of fused-ring (bicyclic) bond motifs is 6. The van der Waals surface area contributed by atoms with Crippen molar-refractivity contribution in [1.29, 1.82) is 0 Å². The molecule has 0 fully saturated rings. The number of rotatable bonds is 0. The predicted octanol–water partition coefficient (Wildman–Crippen LogP) is 5.36. The number of hydrogen-bond donors (Lipinski definition) is 0. The second-order valence-electron chi connectivity index (χ2n) is 5.46. The Bertz CT molecular complexity index is 1130. The fourth-order valence-corrected chi connectivity index (χ4v) is 5.65. The molecule has 0 atom stereocenters. The summed E-state index contributed by atoms with van der Waals surface area (Å²) < 4.78 is 3.04. The molecule has 0 saturated carbocycles. The van der Waals surface area contributed by atoms with E-state index in [-0.39, 0.29) is 0 Å². The Hall–Kier alpha value is -2.08. The molecule has 1 aromatic heterocycles. The summed E-state index contributed by atoms with van der Waals surface area (Å²) in [6.07, 6.45) is 0. The van der Waals surface area contributed by atoms with E-state index in [1.807, 2.05) is 0 Å². The van der Waals surface area contributed by atoms with E-state index >= 15 is 0 Å². The van der Waals surface area contributed by atoms with Gasteiger partial charge >= 0.3 is 128 Å². The molecule has 0 aliphatic carbocycles. The Morgan fingerprint density at radius 2 is 1.24 bits per heavy atom. The van der Waals surface area contributed by atoms with E-state index in [1.54, 1.807) is 0 Å². The summed E-state index contributed by atoms with van der Waals surface area (Å²) in [6, 6.07) is 26.8. The van der Waals surface area contributed by atoms with Crippen LogP contribution >= 0.6 is 0 Å². The van der Waals surface area contributed by atoms with Gasteiger partial charge in [0.15, 0.2) is 0 Å². The molecule has 0 amide bonds. The van der Waals surface area contributed by atoms with E-state index in [0.29, 0.717) is 14.5 Å². The van der Waals surface area contributed by atoms with E-state index in [1.165, 1.54) is 40.8 Å². The molecule has 4 aromatic carbocycles. The van der Waals surface area contributed by atoms with Crippen molar-refractivity contribution in [2.75, 3.05) is 0 Å². The summed E-state index contributed by atoms with van der Waals surface area (Å²) in [5.41, 5.74) is 0. The molecule has 0 spiro atoms. The van der Waals surface area contributed by atoms with Gasteiger partial charge in [0.05, 0.1) is 0 Å². The molecule has 0 unspecified atom stereocenters. The van der Waals surface area contributed by atoms with Crippen LogP contribution in [0.25, 0.3) is 40.8 Å². The first-order valence-corrected chi connectivity index (χ1v) is 8.84. The standard InChI is InChI=1S/C20H12Se/c1-2-7-15-12-19-17(11-14(15)6-1)20-16-8-4-3-5-13(16)9-10-18(20)21-19/h1-12H. The molecule has 0 radical (unpaired) electrons.